The lowest BCUT2D eigenvalue weighted by atomic mass is 10.8. The van der Waals surface area contributed by atoms with Crippen LogP contribution in [0.5, 0.6) is 0 Å². The second-order valence-electron chi connectivity index (χ2n) is 1.74. The molecule has 0 radical (unpaired) electrons. The Morgan fingerprint density at radius 2 is 1.92 bits per heavy atom. The zero-order chi connectivity index (χ0) is 9.61. The third-order valence-electron chi connectivity index (χ3n) is 0.719. The first kappa shape index (κ1) is 12.0. The van der Waals surface area contributed by atoms with Crippen LogP contribution in [0.15, 0.2) is 0 Å². The molecule has 0 aromatic rings. The van der Waals surface area contributed by atoms with Gasteiger partial charge in [-0.2, -0.15) is 13.2 Å². The summed E-state index contributed by atoms with van der Waals surface area (Å²) in [6.45, 7) is 0. The Morgan fingerprint density at radius 3 is 2.33 bits per heavy atom. The first-order chi connectivity index (χ1) is 5.42. The fraction of sp³-hybridized carbons (Fsp3) is 0.800. The summed E-state index contributed by atoms with van der Waals surface area (Å²) in [6, 6.07) is 0. The third-order valence-corrected chi connectivity index (χ3v) is 2.66. The molecule has 0 aliphatic rings. The Bertz CT molecular complexity index is 148. The van der Waals surface area contributed by atoms with Gasteiger partial charge in [0.1, 0.15) is 0 Å². The monoisotopic (exact) mass is 220 g/mol. The SMILES string of the molecule is O=C(O)CSCCSC(F)(F)F. The zero-order valence-electron chi connectivity index (χ0n) is 5.93. The topological polar surface area (TPSA) is 37.3 Å². The zero-order valence-corrected chi connectivity index (χ0v) is 7.56. The molecule has 0 saturated carbocycles. The number of carboxylic acids is 1. The molecule has 1 N–H and O–H groups in total. The highest BCUT2D eigenvalue weighted by molar-refractivity contribution is 8.03. The van der Waals surface area contributed by atoms with Gasteiger partial charge in [0.2, 0.25) is 0 Å². The van der Waals surface area contributed by atoms with Crippen molar-refractivity contribution in [1.29, 1.82) is 0 Å². The second kappa shape index (κ2) is 5.58. The van der Waals surface area contributed by atoms with Crippen LogP contribution in [0.3, 0.4) is 0 Å². The average molecular weight is 220 g/mol. The Labute approximate surface area is 75.9 Å². The van der Waals surface area contributed by atoms with E-state index in [-0.39, 0.29) is 29.0 Å². The Morgan fingerprint density at radius 1 is 1.33 bits per heavy atom. The van der Waals surface area contributed by atoms with Crippen LogP contribution >= 0.6 is 23.5 Å². The predicted octanol–water partition coefficient (Wildman–Crippen LogP) is 2.06. The normalized spacial score (nSPS) is 11.6. The average Bonchev–Trinajstić information content (AvgIpc) is 1.83. The summed E-state index contributed by atoms with van der Waals surface area (Å²) >= 11 is 0.853. The smallest absolute Gasteiger partial charge is 0.441 e. The highest BCUT2D eigenvalue weighted by atomic mass is 32.2. The van der Waals surface area contributed by atoms with E-state index in [1.54, 1.807) is 0 Å². The van der Waals surface area contributed by atoms with Gasteiger partial charge < -0.3 is 5.11 Å². The van der Waals surface area contributed by atoms with Crippen molar-refractivity contribution in [2.75, 3.05) is 17.3 Å². The van der Waals surface area contributed by atoms with E-state index in [9.17, 15) is 18.0 Å². The van der Waals surface area contributed by atoms with Crippen molar-refractivity contribution in [3.05, 3.63) is 0 Å². The standard InChI is InChI=1S/C5H7F3O2S2/c6-5(7,8)12-2-1-11-3-4(9)10/h1-3H2,(H,9,10). The molecule has 2 nitrogen and oxygen atoms in total. The molecular weight excluding hydrogens is 213 g/mol. The van der Waals surface area contributed by atoms with Crippen LogP contribution in [0.1, 0.15) is 0 Å². The number of alkyl halides is 3. The number of carboxylic acid groups (broad SMARTS) is 1. The summed E-state index contributed by atoms with van der Waals surface area (Å²) in [6.07, 6.45) is 0. The number of aliphatic carboxylic acids is 1. The van der Waals surface area contributed by atoms with Crippen molar-refractivity contribution in [3.8, 4) is 0 Å². The van der Waals surface area contributed by atoms with Gasteiger partial charge in [0.15, 0.2) is 0 Å². The number of thioether (sulfide) groups is 2. The number of carbonyl (C=O) groups is 1. The van der Waals surface area contributed by atoms with Gasteiger partial charge in [0, 0.05) is 11.5 Å². The molecule has 0 fully saturated rings. The van der Waals surface area contributed by atoms with Gasteiger partial charge >= 0.3 is 11.5 Å². The van der Waals surface area contributed by atoms with Crippen LogP contribution in [0.4, 0.5) is 13.2 Å². The molecule has 0 amide bonds. The minimum Gasteiger partial charge on any atom is -0.481 e. The largest absolute Gasteiger partial charge is 0.481 e. The van der Waals surface area contributed by atoms with E-state index in [4.69, 9.17) is 5.11 Å². The number of hydrogen-bond donors (Lipinski definition) is 1. The molecule has 0 spiro atoms. The van der Waals surface area contributed by atoms with Crippen molar-refractivity contribution in [1.82, 2.24) is 0 Å². The van der Waals surface area contributed by atoms with Crippen molar-refractivity contribution in [3.63, 3.8) is 0 Å². The predicted molar refractivity (Wildman–Crippen MR) is 43.5 cm³/mol. The minimum absolute atomic E-state index is 0.0958. The summed E-state index contributed by atoms with van der Waals surface area (Å²) in [4.78, 5) is 9.91. The summed E-state index contributed by atoms with van der Waals surface area (Å²) in [7, 11) is 0. The van der Waals surface area contributed by atoms with Crippen LogP contribution in [0.2, 0.25) is 0 Å². The van der Waals surface area contributed by atoms with E-state index in [1.165, 1.54) is 0 Å². The maximum Gasteiger partial charge on any atom is 0.441 e. The summed E-state index contributed by atoms with van der Waals surface area (Å²) in [5.74, 6) is -1.03. The van der Waals surface area contributed by atoms with Crippen molar-refractivity contribution >= 4 is 29.5 Å². The van der Waals surface area contributed by atoms with Gasteiger partial charge in [-0.25, -0.2) is 0 Å². The first-order valence-electron chi connectivity index (χ1n) is 2.92. The van der Waals surface area contributed by atoms with E-state index < -0.39 is 11.5 Å². The van der Waals surface area contributed by atoms with Gasteiger partial charge in [0.25, 0.3) is 0 Å². The van der Waals surface area contributed by atoms with E-state index in [0.29, 0.717) is 0 Å². The summed E-state index contributed by atoms with van der Waals surface area (Å²) in [5.41, 5.74) is -4.20. The van der Waals surface area contributed by atoms with Gasteiger partial charge in [-0.05, 0) is 0 Å². The molecule has 0 unspecified atom stereocenters. The fourth-order valence-electron chi connectivity index (χ4n) is 0.376. The molecule has 0 heterocycles. The van der Waals surface area contributed by atoms with E-state index >= 15 is 0 Å². The molecule has 0 aliphatic carbocycles. The number of rotatable bonds is 5. The third kappa shape index (κ3) is 9.96. The molecule has 0 aromatic carbocycles. The van der Waals surface area contributed by atoms with Crippen LogP contribution in [-0.4, -0.2) is 33.8 Å². The molecule has 0 aliphatic heterocycles. The fourth-order valence-corrected chi connectivity index (χ4v) is 1.73. The van der Waals surface area contributed by atoms with Gasteiger partial charge in [-0.3, -0.25) is 4.79 Å². The Balaban J connectivity index is 3.17. The maximum absolute atomic E-state index is 11.5. The van der Waals surface area contributed by atoms with Gasteiger partial charge in [-0.15, -0.1) is 11.8 Å². The van der Waals surface area contributed by atoms with Crippen molar-refractivity contribution < 1.29 is 23.1 Å². The summed E-state index contributed by atoms with van der Waals surface area (Å²) < 4.78 is 34.4. The molecule has 7 heteroatoms. The highest BCUT2D eigenvalue weighted by Crippen LogP contribution is 2.30. The van der Waals surface area contributed by atoms with Crippen molar-refractivity contribution in [2.24, 2.45) is 0 Å². The van der Waals surface area contributed by atoms with Crippen LogP contribution < -0.4 is 0 Å². The molecule has 0 saturated heterocycles. The lowest BCUT2D eigenvalue weighted by Crippen LogP contribution is -2.04. The van der Waals surface area contributed by atoms with Crippen LogP contribution in [-0.2, 0) is 4.79 Å². The Kier molecular flexibility index (Phi) is 5.56. The highest BCUT2D eigenvalue weighted by Gasteiger charge is 2.27. The first-order valence-corrected chi connectivity index (χ1v) is 5.06. The van der Waals surface area contributed by atoms with E-state index in [0.717, 1.165) is 11.8 Å². The van der Waals surface area contributed by atoms with Gasteiger partial charge in [0.05, 0.1) is 5.75 Å². The van der Waals surface area contributed by atoms with Crippen molar-refractivity contribution in [2.45, 2.75) is 5.51 Å². The van der Waals surface area contributed by atoms with E-state index in [1.807, 2.05) is 0 Å². The van der Waals surface area contributed by atoms with Gasteiger partial charge in [-0.1, -0.05) is 11.8 Å². The molecule has 0 aromatic heterocycles. The molecule has 0 rings (SSSR count). The second-order valence-corrected chi connectivity index (χ2v) is 4.01. The summed E-state index contributed by atoms with van der Waals surface area (Å²) in [5, 5.41) is 8.12. The maximum atomic E-state index is 11.5. The molecule has 0 bridgehead atoms. The quantitative estimate of drug-likeness (QED) is 0.719. The molecular formula is C5H7F3O2S2. The van der Waals surface area contributed by atoms with Crippen LogP contribution in [0, 0.1) is 0 Å². The molecule has 0 atom stereocenters. The molecule has 72 valence electrons. The lowest BCUT2D eigenvalue weighted by Gasteiger charge is -2.03. The number of halogens is 3. The minimum atomic E-state index is -4.20. The Hall–Kier alpha value is -0.0400. The lowest BCUT2D eigenvalue weighted by molar-refractivity contribution is -0.133. The number of hydrogen-bond acceptors (Lipinski definition) is 3. The molecule has 12 heavy (non-hydrogen) atoms. The van der Waals surface area contributed by atoms with E-state index in [2.05, 4.69) is 0 Å². The van der Waals surface area contributed by atoms with Crippen LogP contribution in [0.25, 0.3) is 0 Å².